The lowest BCUT2D eigenvalue weighted by molar-refractivity contribution is -0.139. The van der Waals surface area contributed by atoms with Gasteiger partial charge in [-0.25, -0.2) is 4.98 Å². The predicted molar refractivity (Wildman–Crippen MR) is 109 cm³/mol. The molecule has 0 saturated carbocycles. The van der Waals surface area contributed by atoms with Crippen LogP contribution in [0.15, 0.2) is 48.5 Å². The van der Waals surface area contributed by atoms with Gasteiger partial charge in [0, 0.05) is 19.0 Å². The zero-order valence-electron chi connectivity index (χ0n) is 15.5. The average molecular weight is 392 g/mol. The number of para-hydroxylation sites is 2. The molecular formula is C21H20N4O2S. The minimum Gasteiger partial charge on any atom is -0.377 e. The summed E-state index contributed by atoms with van der Waals surface area (Å²) in [6.07, 6.45) is 0.281. The van der Waals surface area contributed by atoms with Gasteiger partial charge in [-0.15, -0.1) is 11.3 Å². The number of hydrogen-bond donors (Lipinski definition) is 0. The molecule has 1 amide bonds. The highest BCUT2D eigenvalue weighted by atomic mass is 32.1. The number of fused-ring (bicyclic) bond motifs is 2. The minimum atomic E-state index is -0.145. The van der Waals surface area contributed by atoms with Crippen molar-refractivity contribution in [3.63, 3.8) is 0 Å². The molecule has 5 rings (SSSR count). The van der Waals surface area contributed by atoms with E-state index in [1.54, 1.807) is 11.3 Å². The molecule has 2 aromatic carbocycles. The molecule has 28 heavy (non-hydrogen) atoms. The number of aryl methyl sites for hydroxylation is 1. The van der Waals surface area contributed by atoms with E-state index in [0.717, 1.165) is 31.8 Å². The van der Waals surface area contributed by atoms with Gasteiger partial charge in [0.1, 0.15) is 11.0 Å². The molecule has 1 aliphatic heterocycles. The molecule has 1 fully saturated rings. The van der Waals surface area contributed by atoms with Crippen LogP contribution in [0.25, 0.3) is 21.1 Å². The number of morpholine rings is 1. The van der Waals surface area contributed by atoms with E-state index in [1.807, 2.05) is 59.1 Å². The number of nitrogens with zero attached hydrogens (tertiary/aromatic N) is 4. The summed E-state index contributed by atoms with van der Waals surface area (Å²) in [5.74, 6) is 0.0661. The van der Waals surface area contributed by atoms with Gasteiger partial charge in [-0.1, -0.05) is 30.3 Å². The first-order valence-corrected chi connectivity index (χ1v) is 10.2. The standard InChI is InChI=1S/C21H20N4O2S/c1-24-17-8-4-2-6-14(17)16(23-24)12-20(26)25-10-11-27-13-18(25)21-22-15-7-3-5-9-19(15)28-21/h2-9,18H,10-13H2,1H3/t18-/m0/s1. The monoisotopic (exact) mass is 392 g/mol. The molecule has 2 aromatic heterocycles. The highest BCUT2D eigenvalue weighted by Gasteiger charge is 2.31. The zero-order chi connectivity index (χ0) is 19.1. The molecule has 3 heterocycles. The van der Waals surface area contributed by atoms with Gasteiger partial charge in [-0.05, 0) is 18.2 Å². The van der Waals surface area contributed by atoms with E-state index in [9.17, 15) is 4.79 Å². The van der Waals surface area contributed by atoms with Gasteiger partial charge in [0.25, 0.3) is 0 Å². The zero-order valence-corrected chi connectivity index (χ0v) is 16.4. The average Bonchev–Trinajstić information content (AvgIpc) is 3.30. The number of hydrogen-bond acceptors (Lipinski definition) is 5. The quantitative estimate of drug-likeness (QED) is 0.537. The lowest BCUT2D eigenvalue weighted by atomic mass is 10.1. The Bertz CT molecular complexity index is 1130. The number of rotatable bonds is 3. The summed E-state index contributed by atoms with van der Waals surface area (Å²) in [6.45, 7) is 1.61. The fourth-order valence-corrected chi connectivity index (χ4v) is 4.87. The summed E-state index contributed by atoms with van der Waals surface area (Å²) in [7, 11) is 1.91. The van der Waals surface area contributed by atoms with Crippen LogP contribution in [0.5, 0.6) is 0 Å². The molecule has 142 valence electrons. The van der Waals surface area contributed by atoms with Gasteiger partial charge in [0.05, 0.1) is 41.1 Å². The van der Waals surface area contributed by atoms with Gasteiger partial charge in [-0.3, -0.25) is 9.48 Å². The third kappa shape index (κ3) is 2.96. The van der Waals surface area contributed by atoms with E-state index in [-0.39, 0.29) is 18.4 Å². The Balaban J connectivity index is 1.45. The fourth-order valence-electron chi connectivity index (χ4n) is 3.80. The second kappa shape index (κ2) is 7.00. The second-order valence-corrected chi connectivity index (χ2v) is 8.02. The molecule has 0 N–H and O–H groups in total. The van der Waals surface area contributed by atoms with Crippen molar-refractivity contribution < 1.29 is 9.53 Å². The highest BCUT2D eigenvalue weighted by Crippen LogP contribution is 2.32. The normalized spacial score (nSPS) is 17.5. The topological polar surface area (TPSA) is 60.2 Å². The minimum absolute atomic E-state index is 0.0661. The SMILES string of the molecule is Cn1nc(CC(=O)N2CCOC[C@H]2c2nc3ccccc3s2)c2ccccc21. The summed E-state index contributed by atoms with van der Waals surface area (Å²) < 4.78 is 8.66. The number of benzene rings is 2. The first-order chi connectivity index (χ1) is 13.7. The van der Waals surface area contributed by atoms with Crippen molar-refractivity contribution in [1.82, 2.24) is 19.7 Å². The van der Waals surface area contributed by atoms with Crippen LogP contribution in [0.1, 0.15) is 16.7 Å². The number of thiazole rings is 1. The largest absolute Gasteiger partial charge is 0.377 e. The van der Waals surface area contributed by atoms with Crippen molar-refractivity contribution in [2.24, 2.45) is 7.05 Å². The molecule has 0 bridgehead atoms. The summed E-state index contributed by atoms with van der Waals surface area (Å²) >= 11 is 1.63. The molecular weight excluding hydrogens is 372 g/mol. The number of amides is 1. The van der Waals surface area contributed by atoms with E-state index < -0.39 is 0 Å². The van der Waals surface area contributed by atoms with Crippen molar-refractivity contribution in [3.8, 4) is 0 Å². The van der Waals surface area contributed by atoms with Crippen LogP contribution in [0.4, 0.5) is 0 Å². The molecule has 6 nitrogen and oxygen atoms in total. The lowest BCUT2D eigenvalue weighted by Crippen LogP contribution is -2.44. The van der Waals surface area contributed by atoms with Crippen LogP contribution in [0.3, 0.4) is 0 Å². The summed E-state index contributed by atoms with van der Waals surface area (Å²) in [5.41, 5.74) is 2.82. The third-order valence-electron chi connectivity index (χ3n) is 5.20. The maximum absolute atomic E-state index is 13.2. The Morgan fingerprint density at radius 3 is 2.93 bits per heavy atom. The van der Waals surface area contributed by atoms with Crippen LogP contribution in [0, 0.1) is 0 Å². The lowest BCUT2D eigenvalue weighted by Gasteiger charge is -2.34. The van der Waals surface area contributed by atoms with Crippen molar-refractivity contribution in [2.45, 2.75) is 12.5 Å². The molecule has 1 saturated heterocycles. The van der Waals surface area contributed by atoms with Gasteiger partial charge in [-0.2, -0.15) is 5.10 Å². The summed E-state index contributed by atoms with van der Waals surface area (Å²) in [5, 5.41) is 6.54. The van der Waals surface area contributed by atoms with Gasteiger partial charge < -0.3 is 9.64 Å². The van der Waals surface area contributed by atoms with Crippen LogP contribution in [-0.2, 0) is 23.0 Å². The molecule has 4 aromatic rings. The molecule has 0 spiro atoms. The van der Waals surface area contributed by atoms with Gasteiger partial charge in [0.2, 0.25) is 5.91 Å². The van der Waals surface area contributed by atoms with E-state index in [1.165, 1.54) is 0 Å². The number of carbonyl (C=O) groups is 1. The number of carbonyl (C=O) groups excluding carboxylic acids is 1. The predicted octanol–water partition coefficient (Wildman–Crippen LogP) is 3.33. The van der Waals surface area contributed by atoms with Crippen molar-refractivity contribution in [1.29, 1.82) is 0 Å². The molecule has 1 aliphatic rings. The Morgan fingerprint density at radius 1 is 1.21 bits per heavy atom. The first kappa shape index (κ1) is 17.3. The highest BCUT2D eigenvalue weighted by molar-refractivity contribution is 7.18. The van der Waals surface area contributed by atoms with Crippen molar-refractivity contribution >= 4 is 38.4 Å². The second-order valence-electron chi connectivity index (χ2n) is 6.96. The Labute approximate surface area is 166 Å². The third-order valence-corrected chi connectivity index (χ3v) is 6.33. The van der Waals surface area contributed by atoms with E-state index >= 15 is 0 Å². The van der Waals surface area contributed by atoms with E-state index in [0.29, 0.717) is 19.8 Å². The van der Waals surface area contributed by atoms with Crippen LogP contribution in [0.2, 0.25) is 0 Å². The summed E-state index contributed by atoms with van der Waals surface area (Å²) in [6, 6.07) is 15.9. The van der Waals surface area contributed by atoms with Crippen molar-refractivity contribution in [3.05, 3.63) is 59.2 Å². The van der Waals surface area contributed by atoms with E-state index in [4.69, 9.17) is 9.72 Å². The maximum atomic E-state index is 13.2. The Hall–Kier alpha value is -2.77. The van der Waals surface area contributed by atoms with Gasteiger partial charge >= 0.3 is 0 Å². The van der Waals surface area contributed by atoms with Crippen LogP contribution >= 0.6 is 11.3 Å². The van der Waals surface area contributed by atoms with Crippen molar-refractivity contribution in [2.75, 3.05) is 19.8 Å². The molecule has 7 heteroatoms. The molecule has 0 unspecified atom stereocenters. The Kier molecular flexibility index (Phi) is 4.33. The van der Waals surface area contributed by atoms with Crippen LogP contribution < -0.4 is 0 Å². The smallest absolute Gasteiger partial charge is 0.229 e. The van der Waals surface area contributed by atoms with Gasteiger partial charge in [0.15, 0.2) is 0 Å². The first-order valence-electron chi connectivity index (χ1n) is 9.34. The Morgan fingerprint density at radius 2 is 2.04 bits per heavy atom. The number of aromatic nitrogens is 3. The van der Waals surface area contributed by atoms with Crippen LogP contribution in [-0.4, -0.2) is 45.3 Å². The molecule has 1 atom stereocenters. The molecule has 0 radical (unpaired) electrons. The fraction of sp³-hybridized carbons (Fsp3) is 0.286. The van der Waals surface area contributed by atoms with E-state index in [2.05, 4.69) is 11.2 Å². The number of ether oxygens (including phenoxy) is 1. The molecule has 0 aliphatic carbocycles. The summed E-state index contributed by atoms with van der Waals surface area (Å²) in [4.78, 5) is 19.9. The maximum Gasteiger partial charge on any atom is 0.229 e.